The van der Waals surface area contributed by atoms with E-state index in [1.54, 1.807) is 0 Å². The molecule has 2 fully saturated rings. The van der Waals surface area contributed by atoms with Gasteiger partial charge in [-0.3, -0.25) is 9.48 Å². The van der Waals surface area contributed by atoms with E-state index < -0.39 is 0 Å². The summed E-state index contributed by atoms with van der Waals surface area (Å²) in [4.78, 5) is 12.5. The van der Waals surface area contributed by atoms with Crippen molar-refractivity contribution in [1.29, 1.82) is 0 Å². The van der Waals surface area contributed by atoms with Gasteiger partial charge in [-0.2, -0.15) is 5.10 Å². The van der Waals surface area contributed by atoms with Crippen molar-refractivity contribution in [3.8, 4) is 0 Å². The summed E-state index contributed by atoms with van der Waals surface area (Å²) >= 11 is 0. The van der Waals surface area contributed by atoms with E-state index in [2.05, 4.69) is 21.9 Å². The Morgan fingerprint density at radius 1 is 1.46 bits per heavy atom. The maximum Gasteiger partial charge on any atom is 0.253 e. The molecule has 6 heteroatoms. The van der Waals surface area contributed by atoms with Crippen molar-refractivity contribution in [2.45, 2.75) is 45.6 Å². The molecule has 1 unspecified atom stereocenters. The highest BCUT2D eigenvalue weighted by molar-refractivity contribution is 6.00. The summed E-state index contributed by atoms with van der Waals surface area (Å²) in [5.74, 6) is 0.571. The number of rotatable bonds is 6. The van der Waals surface area contributed by atoms with Crippen molar-refractivity contribution in [1.82, 2.24) is 20.4 Å². The van der Waals surface area contributed by atoms with E-state index in [0.717, 1.165) is 48.9 Å². The lowest BCUT2D eigenvalue weighted by atomic mass is 10.0. The predicted octanol–water partition coefficient (Wildman–Crippen LogP) is 1.82. The lowest BCUT2D eigenvalue weighted by molar-refractivity contribution is 0.0282. The molecule has 24 heavy (non-hydrogen) atoms. The number of amides is 1. The molecule has 4 rings (SSSR count). The van der Waals surface area contributed by atoms with Gasteiger partial charge in [0, 0.05) is 42.7 Å². The Morgan fingerprint density at radius 2 is 2.25 bits per heavy atom. The molecule has 128 valence electrons. The summed E-state index contributed by atoms with van der Waals surface area (Å²) in [5, 5.41) is 11.9. The number of aryl methyl sites for hydroxylation is 1. The van der Waals surface area contributed by atoms with Gasteiger partial charge in [0.1, 0.15) is 6.23 Å². The zero-order valence-electron chi connectivity index (χ0n) is 14.2. The fourth-order valence-corrected chi connectivity index (χ4v) is 3.15. The number of carbonyl (C=O) groups excluding carboxylic acids is 1. The number of nitrogens with zero attached hydrogens (tertiary/aromatic N) is 2. The van der Waals surface area contributed by atoms with Gasteiger partial charge >= 0.3 is 0 Å². The first-order valence-electron chi connectivity index (χ1n) is 8.74. The Kier molecular flexibility index (Phi) is 4.02. The topological polar surface area (TPSA) is 68.2 Å². The third kappa shape index (κ3) is 3.16. The molecule has 1 atom stereocenters. The highest BCUT2D eigenvalue weighted by Crippen LogP contribution is 2.25. The number of hydrogen-bond acceptors (Lipinski definition) is 4. The highest BCUT2D eigenvalue weighted by atomic mass is 16.5. The highest BCUT2D eigenvalue weighted by Gasteiger charge is 2.25. The average molecular weight is 328 g/mol. The zero-order valence-corrected chi connectivity index (χ0v) is 14.2. The van der Waals surface area contributed by atoms with Gasteiger partial charge in [0.15, 0.2) is 0 Å². The zero-order chi connectivity index (χ0) is 16.7. The summed E-state index contributed by atoms with van der Waals surface area (Å²) in [7, 11) is 0. The van der Waals surface area contributed by atoms with Gasteiger partial charge in [-0.15, -0.1) is 0 Å². The van der Waals surface area contributed by atoms with E-state index in [1.807, 2.05) is 30.7 Å². The first-order chi connectivity index (χ1) is 11.6. The Morgan fingerprint density at radius 3 is 2.92 bits per heavy atom. The van der Waals surface area contributed by atoms with Crippen LogP contribution in [0.15, 0.2) is 18.3 Å². The normalized spacial score (nSPS) is 19.2. The van der Waals surface area contributed by atoms with Crippen LogP contribution in [-0.2, 0) is 11.3 Å². The van der Waals surface area contributed by atoms with Crippen LogP contribution in [0.25, 0.3) is 10.9 Å². The number of nitrogens with one attached hydrogen (secondary N) is 2. The fourth-order valence-electron chi connectivity index (χ4n) is 3.15. The molecule has 0 radical (unpaired) electrons. The minimum Gasteiger partial charge on any atom is -0.356 e. The van der Waals surface area contributed by atoms with Gasteiger partial charge in [-0.25, -0.2) is 0 Å². The minimum atomic E-state index is -0.256. The number of hydrogen-bond donors (Lipinski definition) is 2. The van der Waals surface area contributed by atoms with Crippen LogP contribution in [0.2, 0.25) is 0 Å². The van der Waals surface area contributed by atoms with Crippen molar-refractivity contribution in [2.75, 3.05) is 13.1 Å². The monoisotopic (exact) mass is 328 g/mol. The van der Waals surface area contributed by atoms with Gasteiger partial charge in [0.05, 0.1) is 11.6 Å². The maximum absolute atomic E-state index is 12.5. The molecule has 0 bridgehead atoms. The van der Waals surface area contributed by atoms with Gasteiger partial charge in [0.25, 0.3) is 5.91 Å². The molecular formula is C18H24N4O2. The molecule has 1 saturated carbocycles. The van der Waals surface area contributed by atoms with Crippen LogP contribution >= 0.6 is 0 Å². The number of ether oxygens (including phenoxy) is 1. The molecule has 1 aliphatic heterocycles. The summed E-state index contributed by atoms with van der Waals surface area (Å²) in [6.07, 6.45) is 4.32. The smallest absolute Gasteiger partial charge is 0.253 e. The third-order valence-corrected chi connectivity index (χ3v) is 4.82. The lowest BCUT2D eigenvalue weighted by Crippen LogP contribution is -2.44. The van der Waals surface area contributed by atoms with Crippen LogP contribution in [0, 0.1) is 12.8 Å². The van der Waals surface area contributed by atoms with E-state index in [9.17, 15) is 4.79 Å². The molecule has 2 N–H and O–H groups in total. The number of fused-ring (bicyclic) bond motifs is 1. The Labute approximate surface area is 141 Å². The molecule has 1 aromatic heterocycles. The van der Waals surface area contributed by atoms with Gasteiger partial charge in [0.2, 0.25) is 0 Å². The predicted molar refractivity (Wildman–Crippen MR) is 91.9 cm³/mol. The van der Waals surface area contributed by atoms with Crippen molar-refractivity contribution in [2.24, 2.45) is 5.92 Å². The second-order valence-corrected chi connectivity index (χ2v) is 7.00. The quantitative estimate of drug-likeness (QED) is 0.794. The van der Waals surface area contributed by atoms with Crippen LogP contribution in [0.3, 0.4) is 0 Å². The first-order valence-corrected chi connectivity index (χ1v) is 8.74. The van der Waals surface area contributed by atoms with Crippen molar-refractivity contribution in [3.05, 3.63) is 29.5 Å². The van der Waals surface area contributed by atoms with Crippen molar-refractivity contribution >= 4 is 16.8 Å². The van der Waals surface area contributed by atoms with Crippen LogP contribution in [0.4, 0.5) is 0 Å². The van der Waals surface area contributed by atoms with Crippen LogP contribution < -0.4 is 10.6 Å². The fraction of sp³-hybridized carbons (Fsp3) is 0.556. The molecule has 0 spiro atoms. The third-order valence-electron chi connectivity index (χ3n) is 4.82. The van der Waals surface area contributed by atoms with E-state index in [1.165, 1.54) is 0 Å². The summed E-state index contributed by atoms with van der Waals surface area (Å²) in [5.41, 5.74) is 2.61. The van der Waals surface area contributed by atoms with Gasteiger partial charge < -0.3 is 15.4 Å². The van der Waals surface area contributed by atoms with E-state index >= 15 is 0 Å². The number of benzene rings is 1. The van der Waals surface area contributed by atoms with E-state index in [0.29, 0.717) is 17.6 Å². The molecule has 1 saturated heterocycles. The molecule has 1 aliphatic carbocycles. The molecule has 2 aromatic rings. The molecular weight excluding hydrogens is 304 g/mol. The molecule has 1 aromatic carbocycles. The maximum atomic E-state index is 12.5. The molecule has 1 amide bonds. The second-order valence-electron chi connectivity index (χ2n) is 7.00. The molecule has 2 heterocycles. The van der Waals surface area contributed by atoms with Crippen LogP contribution in [0.5, 0.6) is 0 Å². The summed E-state index contributed by atoms with van der Waals surface area (Å²) < 4.78 is 7.70. The largest absolute Gasteiger partial charge is 0.356 e. The van der Waals surface area contributed by atoms with Crippen molar-refractivity contribution in [3.63, 3.8) is 0 Å². The summed E-state index contributed by atoms with van der Waals surface area (Å²) in [6, 6.07) is 3.79. The second kappa shape index (κ2) is 6.18. The van der Waals surface area contributed by atoms with Gasteiger partial charge in [-0.05, 0) is 44.4 Å². The first kappa shape index (κ1) is 15.6. The van der Waals surface area contributed by atoms with Gasteiger partial charge in [-0.1, -0.05) is 0 Å². The SMILES string of the molecule is Cc1c(C(=O)NC(C)OC2CC2)ccc2nn(CC3CNC3)cc12. The van der Waals surface area contributed by atoms with Crippen LogP contribution in [0.1, 0.15) is 35.7 Å². The Hall–Kier alpha value is -1.92. The van der Waals surface area contributed by atoms with Crippen molar-refractivity contribution < 1.29 is 9.53 Å². The van der Waals surface area contributed by atoms with E-state index in [4.69, 9.17) is 4.74 Å². The lowest BCUT2D eigenvalue weighted by Gasteiger charge is -2.26. The van der Waals surface area contributed by atoms with Crippen LogP contribution in [-0.4, -0.2) is 41.1 Å². The summed E-state index contributed by atoms with van der Waals surface area (Å²) in [6.45, 7) is 6.91. The minimum absolute atomic E-state index is 0.0847. The molecule has 2 aliphatic rings. The standard InChI is InChI=1S/C18H24N4O2/c1-11-15(18(23)20-12(2)24-14-3-4-14)5-6-17-16(11)10-22(21-17)9-13-7-19-8-13/h5-6,10,12-14,19H,3-4,7-9H2,1-2H3,(H,20,23). The van der Waals surface area contributed by atoms with E-state index in [-0.39, 0.29) is 12.1 Å². The Balaban J connectivity index is 1.51. The number of aromatic nitrogens is 2. The number of carbonyl (C=O) groups is 1. The Bertz CT molecular complexity index is 762. The average Bonchev–Trinajstić information content (AvgIpc) is 3.19. The molecule has 6 nitrogen and oxygen atoms in total.